The minimum Gasteiger partial charge on any atom is -0.339 e. The van der Waals surface area contributed by atoms with Gasteiger partial charge in [0.1, 0.15) is 0 Å². The van der Waals surface area contributed by atoms with Gasteiger partial charge in [-0.25, -0.2) is 0 Å². The second-order valence-corrected chi connectivity index (χ2v) is 6.39. The molecule has 4 atom stereocenters. The van der Waals surface area contributed by atoms with Crippen LogP contribution >= 0.6 is 0 Å². The molecule has 1 saturated heterocycles. The van der Waals surface area contributed by atoms with Gasteiger partial charge in [0, 0.05) is 12.3 Å². The molecule has 2 heterocycles. The number of nitrogens with one attached hydrogen (secondary N) is 1. The number of hydrogen-bond acceptors (Lipinski definition) is 4. The molecule has 2 saturated carbocycles. The van der Waals surface area contributed by atoms with E-state index in [0.717, 1.165) is 43.1 Å². The summed E-state index contributed by atoms with van der Waals surface area (Å²) in [7, 11) is 0. The summed E-state index contributed by atoms with van der Waals surface area (Å²) >= 11 is 0. The average molecular weight is 247 g/mol. The van der Waals surface area contributed by atoms with Gasteiger partial charge in [-0.15, -0.1) is 0 Å². The van der Waals surface area contributed by atoms with E-state index in [1.807, 2.05) is 0 Å². The third-order valence-corrected chi connectivity index (χ3v) is 5.18. The molecule has 4 nitrogen and oxygen atoms in total. The van der Waals surface area contributed by atoms with Crippen molar-refractivity contribution in [2.75, 3.05) is 13.1 Å². The molecule has 2 bridgehead atoms. The van der Waals surface area contributed by atoms with Crippen molar-refractivity contribution in [2.45, 2.75) is 44.4 Å². The highest BCUT2D eigenvalue weighted by Crippen LogP contribution is 2.52. The zero-order valence-electron chi connectivity index (χ0n) is 10.8. The third kappa shape index (κ3) is 1.87. The smallest absolute Gasteiger partial charge is 0.226 e. The summed E-state index contributed by atoms with van der Waals surface area (Å²) in [6.45, 7) is 2.24. The summed E-state index contributed by atoms with van der Waals surface area (Å²) in [5.74, 6) is 4.94. The number of hydrogen-bond donors (Lipinski definition) is 1. The first-order valence-electron chi connectivity index (χ1n) is 7.41. The van der Waals surface area contributed by atoms with Crippen LogP contribution in [0.5, 0.6) is 0 Å². The van der Waals surface area contributed by atoms with Crippen LogP contribution in [0.4, 0.5) is 0 Å². The maximum absolute atomic E-state index is 5.46. The van der Waals surface area contributed by atoms with E-state index in [-0.39, 0.29) is 0 Å². The SMILES string of the molecule is C1CC(Cc2nc(C3CC4CCC3C4)no2)CN1. The summed E-state index contributed by atoms with van der Waals surface area (Å²) in [5.41, 5.74) is 0. The van der Waals surface area contributed by atoms with E-state index in [4.69, 9.17) is 4.52 Å². The quantitative estimate of drug-likeness (QED) is 0.889. The van der Waals surface area contributed by atoms with Gasteiger partial charge in [-0.3, -0.25) is 0 Å². The normalized spacial score (nSPS) is 38.7. The first kappa shape index (κ1) is 11.0. The molecular weight excluding hydrogens is 226 g/mol. The van der Waals surface area contributed by atoms with Crippen LogP contribution in [0.2, 0.25) is 0 Å². The molecule has 3 fully saturated rings. The molecular formula is C14H21N3O. The molecule has 4 heteroatoms. The van der Waals surface area contributed by atoms with E-state index in [2.05, 4.69) is 15.5 Å². The van der Waals surface area contributed by atoms with Gasteiger partial charge in [-0.05, 0) is 56.5 Å². The van der Waals surface area contributed by atoms with Crippen LogP contribution in [0.15, 0.2) is 4.52 Å². The molecule has 18 heavy (non-hydrogen) atoms. The van der Waals surface area contributed by atoms with Crippen molar-refractivity contribution in [1.29, 1.82) is 0 Å². The molecule has 1 aliphatic heterocycles. The van der Waals surface area contributed by atoms with Crippen molar-refractivity contribution in [3.05, 3.63) is 11.7 Å². The van der Waals surface area contributed by atoms with Crippen LogP contribution in [-0.2, 0) is 6.42 Å². The Kier molecular flexibility index (Phi) is 2.64. The van der Waals surface area contributed by atoms with Crippen LogP contribution in [-0.4, -0.2) is 23.2 Å². The zero-order valence-corrected chi connectivity index (χ0v) is 10.8. The largest absolute Gasteiger partial charge is 0.339 e. The van der Waals surface area contributed by atoms with Gasteiger partial charge in [0.15, 0.2) is 5.82 Å². The topological polar surface area (TPSA) is 51.0 Å². The summed E-state index contributed by atoms with van der Waals surface area (Å²) in [6.07, 6.45) is 7.72. The van der Waals surface area contributed by atoms with Gasteiger partial charge in [-0.1, -0.05) is 11.6 Å². The molecule has 3 aliphatic rings. The maximum Gasteiger partial charge on any atom is 0.226 e. The number of nitrogens with zero attached hydrogens (tertiary/aromatic N) is 2. The fourth-order valence-corrected chi connectivity index (χ4v) is 4.20. The van der Waals surface area contributed by atoms with Crippen molar-refractivity contribution in [3.8, 4) is 0 Å². The molecule has 0 amide bonds. The van der Waals surface area contributed by atoms with Crippen molar-refractivity contribution in [3.63, 3.8) is 0 Å². The van der Waals surface area contributed by atoms with Gasteiger partial charge in [-0.2, -0.15) is 4.98 Å². The number of rotatable bonds is 3. The Morgan fingerprint density at radius 2 is 2.22 bits per heavy atom. The lowest BCUT2D eigenvalue weighted by Crippen LogP contribution is -2.12. The van der Waals surface area contributed by atoms with E-state index in [0.29, 0.717) is 11.8 Å². The van der Waals surface area contributed by atoms with Gasteiger partial charge in [0.2, 0.25) is 5.89 Å². The van der Waals surface area contributed by atoms with Gasteiger partial charge in [0.25, 0.3) is 0 Å². The number of fused-ring (bicyclic) bond motifs is 2. The second kappa shape index (κ2) is 4.34. The molecule has 1 aromatic heterocycles. The highest BCUT2D eigenvalue weighted by Gasteiger charge is 2.42. The molecule has 0 aromatic carbocycles. The lowest BCUT2D eigenvalue weighted by atomic mass is 9.88. The molecule has 1 aromatic rings. The van der Waals surface area contributed by atoms with Gasteiger partial charge in [0.05, 0.1) is 0 Å². The Balaban J connectivity index is 1.45. The molecule has 4 rings (SSSR count). The van der Waals surface area contributed by atoms with Crippen molar-refractivity contribution in [1.82, 2.24) is 15.5 Å². The van der Waals surface area contributed by atoms with Crippen molar-refractivity contribution >= 4 is 0 Å². The minimum absolute atomic E-state index is 0.600. The van der Waals surface area contributed by atoms with Crippen LogP contribution in [0, 0.1) is 17.8 Å². The first-order valence-corrected chi connectivity index (χ1v) is 7.41. The maximum atomic E-state index is 5.46. The predicted molar refractivity (Wildman–Crippen MR) is 67.2 cm³/mol. The Bertz CT molecular complexity index is 424. The van der Waals surface area contributed by atoms with Crippen LogP contribution in [0.3, 0.4) is 0 Å². The highest BCUT2D eigenvalue weighted by molar-refractivity contribution is 5.06. The standard InChI is InChI=1S/C14H21N3O/c1-2-11-5-9(1)6-12(11)14-16-13(18-17-14)7-10-3-4-15-8-10/h9-12,15H,1-8H2. The fourth-order valence-electron chi connectivity index (χ4n) is 4.20. The van der Waals surface area contributed by atoms with E-state index < -0.39 is 0 Å². The summed E-state index contributed by atoms with van der Waals surface area (Å²) in [4.78, 5) is 4.67. The highest BCUT2D eigenvalue weighted by atomic mass is 16.5. The Morgan fingerprint density at radius 1 is 1.22 bits per heavy atom. The lowest BCUT2D eigenvalue weighted by molar-refractivity contribution is 0.340. The molecule has 0 spiro atoms. The Hall–Kier alpha value is -0.900. The molecule has 0 radical (unpaired) electrons. The lowest BCUT2D eigenvalue weighted by Gasteiger charge is -2.17. The van der Waals surface area contributed by atoms with E-state index >= 15 is 0 Å². The van der Waals surface area contributed by atoms with Crippen molar-refractivity contribution in [2.24, 2.45) is 17.8 Å². The predicted octanol–water partition coefficient (Wildman–Crippen LogP) is 2.13. The summed E-state index contributed by atoms with van der Waals surface area (Å²) in [6, 6.07) is 0. The molecule has 1 N–H and O–H groups in total. The molecule has 4 unspecified atom stereocenters. The summed E-state index contributed by atoms with van der Waals surface area (Å²) in [5, 5.41) is 7.64. The minimum atomic E-state index is 0.600. The average Bonchev–Trinajstić information content (AvgIpc) is 3.14. The monoisotopic (exact) mass is 247 g/mol. The number of aromatic nitrogens is 2. The molecule has 98 valence electrons. The van der Waals surface area contributed by atoms with Crippen molar-refractivity contribution < 1.29 is 4.52 Å². The Labute approximate surface area is 108 Å². The van der Waals surface area contributed by atoms with Crippen LogP contribution in [0.25, 0.3) is 0 Å². The van der Waals surface area contributed by atoms with E-state index in [9.17, 15) is 0 Å². The zero-order chi connectivity index (χ0) is 11.9. The van der Waals surface area contributed by atoms with Gasteiger partial charge >= 0.3 is 0 Å². The van der Waals surface area contributed by atoms with E-state index in [1.54, 1.807) is 0 Å². The van der Waals surface area contributed by atoms with Crippen LogP contribution < -0.4 is 5.32 Å². The van der Waals surface area contributed by atoms with Crippen LogP contribution in [0.1, 0.15) is 49.7 Å². The third-order valence-electron chi connectivity index (χ3n) is 5.18. The molecule has 2 aliphatic carbocycles. The first-order chi connectivity index (χ1) is 8.88. The van der Waals surface area contributed by atoms with E-state index in [1.165, 1.54) is 32.1 Å². The second-order valence-electron chi connectivity index (χ2n) is 6.39. The fraction of sp³-hybridized carbons (Fsp3) is 0.857. The Morgan fingerprint density at radius 3 is 2.94 bits per heavy atom. The summed E-state index contributed by atoms with van der Waals surface area (Å²) < 4.78 is 5.46. The van der Waals surface area contributed by atoms with Gasteiger partial charge < -0.3 is 9.84 Å².